The van der Waals surface area contributed by atoms with Gasteiger partial charge >= 0.3 is 0 Å². The highest BCUT2D eigenvalue weighted by Crippen LogP contribution is 2.13. The van der Waals surface area contributed by atoms with Crippen LogP contribution in [0.1, 0.15) is 10.6 Å². The van der Waals surface area contributed by atoms with Crippen LogP contribution in [0.15, 0.2) is 35.8 Å². The summed E-state index contributed by atoms with van der Waals surface area (Å²) in [7, 11) is 0. The number of hydrogen-bond acceptors (Lipinski definition) is 5. The molecule has 1 saturated heterocycles. The van der Waals surface area contributed by atoms with Gasteiger partial charge < -0.3 is 15.3 Å². The van der Waals surface area contributed by atoms with Gasteiger partial charge in [-0.3, -0.25) is 0 Å². The molecule has 0 amide bonds. The Hall–Kier alpha value is -1.43. The molecule has 2 heterocycles. The van der Waals surface area contributed by atoms with E-state index in [1.54, 1.807) is 35.6 Å². The number of phenols is 1. The molecule has 3 rings (SSSR count). The number of rotatable bonds is 3. The van der Waals surface area contributed by atoms with Gasteiger partial charge in [-0.05, 0) is 25.5 Å². The van der Waals surface area contributed by atoms with Gasteiger partial charge in [-0.15, -0.1) is 11.3 Å². The van der Waals surface area contributed by atoms with Gasteiger partial charge in [0, 0.05) is 37.6 Å². The summed E-state index contributed by atoms with van der Waals surface area (Å²) in [6, 6.07) is 8.71. The molecule has 114 valence electrons. The van der Waals surface area contributed by atoms with Crippen molar-refractivity contribution in [2.45, 2.75) is 13.3 Å². The maximum atomic E-state index is 8.63. The third kappa shape index (κ3) is 5.83. The quantitative estimate of drug-likeness (QED) is 0.913. The van der Waals surface area contributed by atoms with E-state index in [0.29, 0.717) is 5.75 Å². The van der Waals surface area contributed by atoms with Crippen LogP contribution >= 0.6 is 11.3 Å². The fourth-order valence-corrected chi connectivity index (χ4v) is 2.96. The Bertz CT molecular complexity index is 509. The Morgan fingerprint density at radius 1 is 1.24 bits per heavy atom. The Labute approximate surface area is 130 Å². The monoisotopic (exact) mass is 305 g/mol. The number of aromatic hydroxyl groups is 1. The smallest absolute Gasteiger partial charge is 0.115 e. The fourth-order valence-electron chi connectivity index (χ4n) is 2.19. The van der Waals surface area contributed by atoms with Crippen molar-refractivity contribution in [1.82, 2.24) is 15.2 Å². The van der Waals surface area contributed by atoms with Crippen molar-refractivity contribution >= 4 is 11.3 Å². The molecule has 0 radical (unpaired) electrons. The van der Waals surface area contributed by atoms with Crippen LogP contribution in [0.2, 0.25) is 0 Å². The minimum atomic E-state index is 0.322. The number of thiazole rings is 1. The van der Waals surface area contributed by atoms with Gasteiger partial charge in [0.25, 0.3) is 0 Å². The van der Waals surface area contributed by atoms with Crippen molar-refractivity contribution in [1.29, 1.82) is 0 Å². The Morgan fingerprint density at radius 3 is 2.48 bits per heavy atom. The number of nitrogens with zero attached hydrogens (tertiary/aromatic N) is 2. The lowest BCUT2D eigenvalue weighted by molar-refractivity contribution is 0.244. The third-order valence-electron chi connectivity index (χ3n) is 3.47. The molecule has 1 aliphatic rings. The van der Waals surface area contributed by atoms with E-state index in [1.807, 2.05) is 11.6 Å². The summed E-state index contributed by atoms with van der Waals surface area (Å²) < 4.78 is 0. The van der Waals surface area contributed by atoms with E-state index in [-0.39, 0.29) is 0 Å². The number of piperazine rings is 1. The molecule has 1 aromatic heterocycles. The van der Waals surface area contributed by atoms with E-state index in [0.717, 1.165) is 19.5 Å². The van der Waals surface area contributed by atoms with E-state index >= 15 is 0 Å². The second kappa shape index (κ2) is 8.77. The molecule has 5 heteroatoms. The number of para-hydroxylation sites is 1. The highest BCUT2D eigenvalue weighted by molar-refractivity contribution is 7.09. The number of benzene rings is 1. The Balaban J connectivity index is 0.000000194. The first-order valence-corrected chi connectivity index (χ1v) is 8.19. The van der Waals surface area contributed by atoms with Crippen LogP contribution in [0.25, 0.3) is 0 Å². The van der Waals surface area contributed by atoms with Crippen molar-refractivity contribution < 1.29 is 5.11 Å². The first-order valence-electron chi connectivity index (χ1n) is 7.32. The molecule has 1 aliphatic heterocycles. The molecule has 21 heavy (non-hydrogen) atoms. The van der Waals surface area contributed by atoms with E-state index < -0.39 is 0 Å². The molecule has 0 saturated carbocycles. The van der Waals surface area contributed by atoms with Crippen LogP contribution in [-0.2, 0) is 6.42 Å². The van der Waals surface area contributed by atoms with Gasteiger partial charge in [-0.2, -0.15) is 0 Å². The van der Waals surface area contributed by atoms with Gasteiger partial charge in [0.15, 0.2) is 0 Å². The highest BCUT2D eigenvalue weighted by Gasteiger charge is 2.10. The fraction of sp³-hybridized carbons (Fsp3) is 0.438. The summed E-state index contributed by atoms with van der Waals surface area (Å²) in [5, 5.41) is 12.0. The zero-order chi connectivity index (χ0) is 14.9. The van der Waals surface area contributed by atoms with Crippen LogP contribution in [0.4, 0.5) is 0 Å². The second-order valence-electron chi connectivity index (χ2n) is 5.04. The number of nitrogens with one attached hydrogen (secondary N) is 1. The molecule has 0 spiro atoms. The third-order valence-corrected chi connectivity index (χ3v) is 4.46. The van der Waals surface area contributed by atoms with Crippen LogP contribution in [0.5, 0.6) is 5.75 Å². The molecule has 4 nitrogen and oxygen atoms in total. The Morgan fingerprint density at radius 2 is 1.95 bits per heavy atom. The van der Waals surface area contributed by atoms with E-state index in [4.69, 9.17) is 5.11 Å². The van der Waals surface area contributed by atoms with Crippen LogP contribution in [0, 0.1) is 6.92 Å². The zero-order valence-electron chi connectivity index (χ0n) is 12.5. The lowest BCUT2D eigenvalue weighted by Gasteiger charge is -2.26. The second-order valence-corrected chi connectivity index (χ2v) is 5.98. The number of phenolic OH excluding ortho intramolecular Hbond substituents is 1. The predicted molar refractivity (Wildman–Crippen MR) is 88.0 cm³/mol. The molecule has 0 atom stereocenters. The number of aromatic nitrogens is 1. The average Bonchev–Trinajstić information content (AvgIpc) is 2.93. The summed E-state index contributed by atoms with van der Waals surface area (Å²) in [4.78, 5) is 8.24. The molecule has 1 fully saturated rings. The number of aryl methyl sites for hydroxylation is 1. The molecule has 0 unspecified atom stereocenters. The molecule has 0 bridgehead atoms. The number of hydrogen-bond donors (Lipinski definition) is 2. The van der Waals surface area contributed by atoms with Gasteiger partial charge in [0.2, 0.25) is 0 Å². The molecule has 2 N–H and O–H groups in total. The SMILES string of the molecule is Cc1ncsc1CCN1CCNCC1.Oc1ccccc1. The molecular formula is C16H23N3OS. The summed E-state index contributed by atoms with van der Waals surface area (Å²) in [6.45, 7) is 7.95. The summed E-state index contributed by atoms with van der Waals surface area (Å²) in [6.07, 6.45) is 1.16. The largest absolute Gasteiger partial charge is 0.508 e. The van der Waals surface area contributed by atoms with Crippen LogP contribution in [-0.4, -0.2) is 47.7 Å². The topological polar surface area (TPSA) is 48.4 Å². The van der Waals surface area contributed by atoms with Gasteiger partial charge in [-0.1, -0.05) is 18.2 Å². The highest BCUT2D eigenvalue weighted by atomic mass is 32.1. The predicted octanol–water partition coefficient (Wildman–Crippen LogP) is 2.29. The van der Waals surface area contributed by atoms with Crippen molar-refractivity contribution in [2.75, 3.05) is 32.7 Å². The van der Waals surface area contributed by atoms with Crippen molar-refractivity contribution in [3.8, 4) is 5.75 Å². The van der Waals surface area contributed by atoms with Gasteiger partial charge in [0.1, 0.15) is 5.75 Å². The van der Waals surface area contributed by atoms with Crippen molar-refractivity contribution in [2.24, 2.45) is 0 Å². The summed E-state index contributed by atoms with van der Waals surface area (Å²) >= 11 is 1.78. The standard InChI is InChI=1S/C10H17N3S.C6H6O/c1-9-10(14-8-12-9)2-5-13-6-3-11-4-7-13;7-6-4-2-1-3-5-6/h8,11H,2-7H2,1H3;1-5,7H. The van der Waals surface area contributed by atoms with E-state index in [9.17, 15) is 0 Å². The zero-order valence-corrected chi connectivity index (χ0v) is 13.3. The lowest BCUT2D eigenvalue weighted by Crippen LogP contribution is -2.44. The maximum absolute atomic E-state index is 8.63. The maximum Gasteiger partial charge on any atom is 0.115 e. The summed E-state index contributed by atoms with van der Waals surface area (Å²) in [5.74, 6) is 0.322. The molecule has 0 aliphatic carbocycles. The summed E-state index contributed by atoms with van der Waals surface area (Å²) in [5.41, 5.74) is 3.16. The first-order chi connectivity index (χ1) is 10.3. The van der Waals surface area contributed by atoms with Gasteiger partial charge in [0.05, 0.1) is 11.2 Å². The molecule has 2 aromatic rings. The molecule has 1 aromatic carbocycles. The first kappa shape index (κ1) is 15.9. The van der Waals surface area contributed by atoms with E-state index in [2.05, 4.69) is 22.1 Å². The van der Waals surface area contributed by atoms with Crippen LogP contribution in [0.3, 0.4) is 0 Å². The van der Waals surface area contributed by atoms with Crippen LogP contribution < -0.4 is 5.32 Å². The lowest BCUT2D eigenvalue weighted by atomic mass is 10.2. The molecular weight excluding hydrogens is 282 g/mol. The Kier molecular flexibility index (Phi) is 6.66. The minimum Gasteiger partial charge on any atom is -0.508 e. The van der Waals surface area contributed by atoms with E-state index in [1.165, 1.54) is 30.2 Å². The minimum absolute atomic E-state index is 0.322. The average molecular weight is 305 g/mol. The van der Waals surface area contributed by atoms with Crippen molar-refractivity contribution in [3.05, 3.63) is 46.4 Å². The van der Waals surface area contributed by atoms with Crippen molar-refractivity contribution in [3.63, 3.8) is 0 Å². The van der Waals surface area contributed by atoms with Gasteiger partial charge in [-0.25, -0.2) is 4.98 Å². The normalized spacial score (nSPS) is 15.3.